The fraction of sp³-hybridized carbons (Fsp3) is 0.333. The van der Waals surface area contributed by atoms with Gasteiger partial charge in [0.15, 0.2) is 0 Å². The number of ether oxygens (including phenoxy) is 1. The topological polar surface area (TPSA) is 138 Å². The van der Waals surface area contributed by atoms with Gasteiger partial charge in [0.2, 0.25) is 21.8 Å². The normalized spacial score (nSPS) is 17.2. The number of hydrogen-bond donors (Lipinski definition) is 1. The van der Waals surface area contributed by atoms with E-state index in [9.17, 15) is 18.0 Å². The smallest absolute Gasteiger partial charge is 0.245 e. The maximum absolute atomic E-state index is 14.1. The third kappa shape index (κ3) is 7.29. The van der Waals surface area contributed by atoms with Crippen molar-refractivity contribution in [1.29, 1.82) is 0 Å². The second-order valence-corrected chi connectivity index (χ2v) is 15.2. The van der Waals surface area contributed by atoms with E-state index in [0.717, 1.165) is 27.8 Å². The zero-order valence-electron chi connectivity index (χ0n) is 27.8. The molecule has 262 valence electrons. The molecule has 2 saturated heterocycles. The van der Waals surface area contributed by atoms with Gasteiger partial charge in [-0.25, -0.2) is 13.4 Å². The van der Waals surface area contributed by atoms with Crippen LogP contribution in [0, 0.1) is 13.8 Å². The first-order valence-electron chi connectivity index (χ1n) is 16.3. The highest BCUT2D eigenvalue weighted by molar-refractivity contribution is 7.89. The molecule has 0 radical (unpaired) electrons. The molecule has 0 spiro atoms. The fourth-order valence-corrected chi connectivity index (χ4v) is 9.13. The Labute approximate surface area is 301 Å². The zero-order valence-corrected chi connectivity index (χ0v) is 30.1. The summed E-state index contributed by atoms with van der Waals surface area (Å²) in [6, 6.07) is 17.0. The van der Waals surface area contributed by atoms with Crippen LogP contribution in [0.1, 0.15) is 40.8 Å². The number of amides is 2. The molecule has 3 heterocycles. The predicted molar refractivity (Wildman–Crippen MR) is 194 cm³/mol. The molecule has 1 aromatic heterocycles. The first-order chi connectivity index (χ1) is 24.0. The fourth-order valence-electron chi connectivity index (χ4n) is 6.61. The molecule has 1 atom stereocenters. The van der Waals surface area contributed by atoms with Gasteiger partial charge in [-0.3, -0.25) is 9.59 Å². The molecule has 11 nitrogen and oxygen atoms in total. The lowest BCUT2D eigenvalue weighted by Crippen LogP contribution is -2.55. The summed E-state index contributed by atoms with van der Waals surface area (Å²) in [5.41, 5.74) is 4.61. The number of aromatic nitrogens is 1. The molecule has 2 fully saturated rings. The van der Waals surface area contributed by atoms with Crippen molar-refractivity contribution in [2.45, 2.75) is 50.7 Å². The molecule has 50 heavy (non-hydrogen) atoms. The Morgan fingerprint density at radius 2 is 1.72 bits per heavy atom. The second-order valence-electron chi connectivity index (χ2n) is 12.5. The van der Waals surface area contributed by atoms with Crippen LogP contribution >= 0.6 is 23.2 Å². The van der Waals surface area contributed by atoms with Gasteiger partial charge >= 0.3 is 0 Å². The van der Waals surface area contributed by atoms with E-state index in [1.165, 1.54) is 22.7 Å². The number of carbonyl (C=O) groups is 2. The molecule has 2 aliphatic rings. The molecule has 14 heteroatoms. The van der Waals surface area contributed by atoms with Gasteiger partial charge in [-0.2, -0.15) is 9.41 Å². The van der Waals surface area contributed by atoms with E-state index in [0.29, 0.717) is 55.9 Å². The molecular weight excluding hydrogens is 699 g/mol. The summed E-state index contributed by atoms with van der Waals surface area (Å²) in [6.45, 7) is 5.35. The monoisotopic (exact) mass is 736 g/mol. The molecule has 0 aliphatic carbocycles. The van der Waals surface area contributed by atoms with Crippen LogP contribution in [0.25, 0.3) is 10.9 Å². The number of halogens is 2. The van der Waals surface area contributed by atoms with E-state index < -0.39 is 16.1 Å². The molecule has 2 amide bonds. The second kappa shape index (κ2) is 14.9. The van der Waals surface area contributed by atoms with Crippen LogP contribution in [0.4, 0.5) is 0 Å². The summed E-state index contributed by atoms with van der Waals surface area (Å²) >= 11 is 13.3. The van der Waals surface area contributed by atoms with Crippen LogP contribution in [0.15, 0.2) is 70.7 Å². The molecule has 1 unspecified atom stereocenters. The number of para-hydroxylation sites is 1. The molecular formula is C36H38Cl2N6O5S. The molecule has 2 aliphatic heterocycles. The number of hydrazone groups is 1. The van der Waals surface area contributed by atoms with Crippen molar-refractivity contribution in [2.75, 3.05) is 32.7 Å². The summed E-state index contributed by atoms with van der Waals surface area (Å²) in [7, 11) is -4.19. The number of aryl methyl sites for hydroxylation is 2. The van der Waals surface area contributed by atoms with Gasteiger partial charge in [-0.1, -0.05) is 59.6 Å². The lowest BCUT2D eigenvalue weighted by atomic mass is 10.1. The van der Waals surface area contributed by atoms with Crippen molar-refractivity contribution >= 4 is 62.2 Å². The number of benzene rings is 3. The molecule has 4 aromatic rings. The van der Waals surface area contributed by atoms with Crippen molar-refractivity contribution in [2.24, 2.45) is 10.9 Å². The summed E-state index contributed by atoms with van der Waals surface area (Å²) in [4.78, 5) is 34.7. The largest absolute Gasteiger partial charge is 0.487 e. The number of nitrogens with two attached hydrogens (primary N) is 1. The standard InChI is InChI=1S/C36H38Cl2N6O5S/c1-23-19-24(2)41-35-27(23)5-3-7-31(35)49-22-28-29(37)12-13-32(34(28)38)50(47,48)44-14-4-6-30(44)36(46)43-17-15-42(16-18-43)33(45)20-25-8-10-26(11-9-25)21-40-39/h3,5,7-13,19,21,30H,4,6,14-18,20,22,39H2,1-2H3. The number of pyridine rings is 1. The summed E-state index contributed by atoms with van der Waals surface area (Å²) in [5.74, 6) is 5.40. The van der Waals surface area contributed by atoms with Crippen molar-refractivity contribution in [3.63, 3.8) is 0 Å². The number of sulfonamides is 1. The van der Waals surface area contributed by atoms with Gasteiger partial charge in [0.1, 0.15) is 28.8 Å². The number of hydrogen-bond acceptors (Lipinski definition) is 8. The number of rotatable bonds is 9. The summed E-state index contributed by atoms with van der Waals surface area (Å²) in [5, 5.41) is 4.66. The van der Waals surface area contributed by atoms with Crippen molar-refractivity contribution in [3.05, 3.63) is 98.7 Å². The Hall–Kier alpha value is -4.23. The van der Waals surface area contributed by atoms with E-state index in [2.05, 4.69) is 10.1 Å². The van der Waals surface area contributed by atoms with Crippen LogP contribution in [0.3, 0.4) is 0 Å². The van der Waals surface area contributed by atoms with E-state index in [1.54, 1.807) is 15.9 Å². The van der Waals surface area contributed by atoms with Crippen LogP contribution < -0.4 is 10.6 Å². The van der Waals surface area contributed by atoms with Crippen molar-refractivity contribution in [1.82, 2.24) is 19.1 Å². The maximum Gasteiger partial charge on any atom is 0.245 e. The molecule has 3 aromatic carbocycles. The number of piperazine rings is 1. The quantitative estimate of drug-likeness (QED) is 0.143. The highest BCUT2D eigenvalue weighted by Gasteiger charge is 2.43. The number of nitrogens with zero attached hydrogens (tertiary/aromatic N) is 5. The van der Waals surface area contributed by atoms with E-state index in [4.69, 9.17) is 33.8 Å². The van der Waals surface area contributed by atoms with E-state index >= 15 is 0 Å². The first-order valence-corrected chi connectivity index (χ1v) is 18.5. The van der Waals surface area contributed by atoms with Crippen LogP contribution in [0.5, 0.6) is 5.75 Å². The van der Waals surface area contributed by atoms with Crippen molar-refractivity contribution in [3.8, 4) is 5.75 Å². The Balaban J connectivity index is 1.13. The molecule has 6 rings (SSSR count). The minimum atomic E-state index is -4.19. The number of fused-ring (bicyclic) bond motifs is 1. The van der Waals surface area contributed by atoms with Crippen LogP contribution in [0.2, 0.25) is 10.0 Å². The first kappa shape index (κ1) is 35.6. The average Bonchev–Trinajstić information content (AvgIpc) is 3.60. The minimum Gasteiger partial charge on any atom is -0.487 e. The molecule has 2 N–H and O–H groups in total. The third-order valence-corrected chi connectivity index (χ3v) is 12.1. The lowest BCUT2D eigenvalue weighted by Gasteiger charge is -2.37. The zero-order chi connectivity index (χ0) is 35.6. The van der Waals surface area contributed by atoms with Gasteiger partial charge < -0.3 is 20.4 Å². The van der Waals surface area contributed by atoms with Gasteiger partial charge in [0.25, 0.3) is 0 Å². The maximum atomic E-state index is 14.1. The molecule has 0 saturated carbocycles. The van der Waals surface area contributed by atoms with Gasteiger partial charge in [0.05, 0.1) is 17.7 Å². The SMILES string of the molecule is Cc1cc(C)c2cccc(OCc3c(Cl)ccc(S(=O)(=O)N4CCCC4C(=O)N4CCN(C(=O)Cc5ccc(C=NN)cc5)CC4)c3Cl)c2n1. The average molecular weight is 738 g/mol. The predicted octanol–water partition coefficient (Wildman–Crippen LogP) is 5.10. The van der Waals surface area contributed by atoms with Crippen LogP contribution in [-0.2, 0) is 32.6 Å². The molecule has 0 bridgehead atoms. The van der Waals surface area contributed by atoms with Crippen LogP contribution in [-0.4, -0.2) is 84.3 Å². The highest BCUT2D eigenvalue weighted by atomic mass is 35.5. The Morgan fingerprint density at radius 1 is 1.00 bits per heavy atom. The Bertz CT molecular complexity index is 2070. The highest BCUT2D eigenvalue weighted by Crippen LogP contribution is 2.37. The lowest BCUT2D eigenvalue weighted by molar-refractivity contribution is -0.141. The summed E-state index contributed by atoms with van der Waals surface area (Å²) in [6.07, 6.45) is 2.67. The van der Waals surface area contributed by atoms with E-state index in [-0.39, 0.29) is 46.3 Å². The number of carbonyl (C=O) groups excluding carboxylic acids is 2. The Morgan fingerprint density at radius 3 is 2.44 bits per heavy atom. The summed E-state index contributed by atoms with van der Waals surface area (Å²) < 4.78 is 35.6. The van der Waals surface area contributed by atoms with Gasteiger partial charge in [-0.05, 0) is 67.6 Å². The van der Waals surface area contributed by atoms with E-state index in [1.807, 2.05) is 56.3 Å². The minimum absolute atomic E-state index is 0.0403. The van der Waals surface area contributed by atoms with Gasteiger partial charge in [-0.15, -0.1) is 0 Å². The third-order valence-electron chi connectivity index (χ3n) is 9.24. The van der Waals surface area contributed by atoms with Gasteiger partial charge in [0, 0.05) is 54.4 Å². The van der Waals surface area contributed by atoms with Crippen molar-refractivity contribution < 1.29 is 22.7 Å². The Kier molecular flexibility index (Phi) is 10.6.